The molecule has 1 atom stereocenters. The van der Waals surface area contributed by atoms with E-state index in [2.05, 4.69) is 11.1 Å². The molecule has 0 radical (unpaired) electrons. The van der Waals surface area contributed by atoms with Crippen LogP contribution in [-0.2, 0) is 0 Å². The predicted molar refractivity (Wildman–Crippen MR) is 58.5 cm³/mol. The number of nitrogens with zero attached hydrogens (tertiary/aromatic N) is 1. The van der Waals surface area contributed by atoms with Crippen molar-refractivity contribution in [1.82, 2.24) is 4.98 Å². The number of nitrogen functional groups attached to an aromatic ring is 1. The third-order valence-electron chi connectivity index (χ3n) is 2.60. The first-order valence-corrected chi connectivity index (χ1v) is 4.93. The fourth-order valence-corrected chi connectivity index (χ4v) is 1.85. The number of hydrogen-bond donors (Lipinski definition) is 2. The minimum atomic E-state index is 0.179. The standard InChI is InChI=1S/C11H15N3/c12-9-3-1-2-8(6-9)10-7-14-5-4-11(10)13/h4-7,9H,1-3,12H2,(H2,13,14). The van der Waals surface area contributed by atoms with Crippen LogP contribution in [0.3, 0.4) is 0 Å². The van der Waals surface area contributed by atoms with Crippen molar-refractivity contribution in [3.05, 3.63) is 30.1 Å². The first-order valence-electron chi connectivity index (χ1n) is 4.93. The van der Waals surface area contributed by atoms with E-state index < -0.39 is 0 Å². The Morgan fingerprint density at radius 2 is 2.29 bits per heavy atom. The molecule has 0 fully saturated rings. The quantitative estimate of drug-likeness (QED) is 0.704. The molecule has 4 N–H and O–H groups in total. The van der Waals surface area contributed by atoms with Gasteiger partial charge in [-0.2, -0.15) is 0 Å². The van der Waals surface area contributed by atoms with Crippen LogP contribution in [0.1, 0.15) is 24.8 Å². The van der Waals surface area contributed by atoms with E-state index in [9.17, 15) is 0 Å². The SMILES string of the molecule is Nc1ccncc1C1=CC(N)CCC1. The number of aromatic nitrogens is 1. The second-order valence-corrected chi connectivity index (χ2v) is 3.71. The number of pyridine rings is 1. The van der Waals surface area contributed by atoms with E-state index in [1.807, 2.05) is 12.3 Å². The summed E-state index contributed by atoms with van der Waals surface area (Å²) in [5, 5.41) is 0. The van der Waals surface area contributed by atoms with Crippen LogP contribution in [0.15, 0.2) is 24.5 Å². The molecule has 74 valence electrons. The summed E-state index contributed by atoms with van der Waals surface area (Å²) in [5.41, 5.74) is 14.8. The molecular weight excluding hydrogens is 174 g/mol. The van der Waals surface area contributed by atoms with Gasteiger partial charge < -0.3 is 11.5 Å². The van der Waals surface area contributed by atoms with Crippen molar-refractivity contribution in [3.63, 3.8) is 0 Å². The third-order valence-corrected chi connectivity index (χ3v) is 2.60. The highest BCUT2D eigenvalue weighted by atomic mass is 14.7. The second-order valence-electron chi connectivity index (χ2n) is 3.71. The molecule has 0 saturated heterocycles. The molecule has 0 aromatic carbocycles. The summed E-state index contributed by atoms with van der Waals surface area (Å²) < 4.78 is 0. The summed E-state index contributed by atoms with van der Waals surface area (Å²) in [6, 6.07) is 2.01. The number of hydrogen-bond acceptors (Lipinski definition) is 3. The van der Waals surface area contributed by atoms with Crippen molar-refractivity contribution in [2.24, 2.45) is 5.73 Å². The molecule has 3 heteroatoms. The summed E-state index contributed by atoms with van der Waals surface area (Å²) in [7, 11) is 0. The van der Waals surface area contributed by atoms with E-state index in [0.29, 0.717) is 0 Å². The summed E-state index contributed by atoms with van der Waals surface area (Å²) in [6.07, 6.45) is 8.91. The zero-order valence-electron chi connectivity index (χ0n) is 8.11. The van der Waals surface area contributed by atoms with Crippen molar-refractivity contribution in [2.75, 3.05) is 5.73 Å². The summed E-state index contributed by atoms with van der Waals surface area (Å²) in [5.74, 6) is 0. The third kappa shape index (κ3) is 1.77. The molecule has 0 saturated carbocycles. The first-order chi connectivity index (χ1) is 6.77. The van der Waals surface area contributed by atoms with E-state index in [-0.39, 0.29) is 6.04 Å². The minimum absolute atomic E-state index is 0.179. The molecule has 0 spiro atoms. The van der Waals surface area contributed by atoms with Crippen molar-refractivity contribution in [3.8, 4) is 0 Å². The molecule has 1 aliphatic carbocycles. The number of anilines is 1. The van der Waals surface area contributed by atoms with Gasteiger partial charge in [-0.25, -0.2) is 0 Å². The Labute approximate surface area is 83.8 Å². The molecule has 0 bridgehead atoms. The van der Waals surface area contributed by atoms with Gasteiger partial charge in [-0.1, -0.05) is 6.08 Å². The van der Waals surface area contributed by atoms with Gasteiger partial charge in [0, 0.05) is 29.7 Å². The summed E-state index contributed by atoms with van der Waals surface area (Å²) in [4.78, 5) is 4.08. The maximum Gasteiger partial charge on any atom is 0.0421 e. The Balaban J connectivity index is 2.35. The minimum Gasteiger partial charge on any atom is -0.398 e. The fourth-order valence-electron chi connectivity index (χ4n) is 1.85. The molecule has 1 aliphatic rings. The number of rotatable bonds is 1. The Morgan fingerprint density at radius 1 is 1.43 bits per heavy atom. The normalized spacial score (nSPS) is 21.8. The smallest absolute Gasteiger partial charge is 0.0421 e. The Bertz CT molecular complexity index is 357. The van der Waals surface area contributed by atoms with Crippen LogP contribution in [0.5, 0.6) is 0 Å². The lowest BCUT2D eigenvalue weighted by atomic mass is 9.91. The van der Waals surface area contributed by atoms with Gasteiger partial charge in [0.2, 0.25) is 0 Å². The molecule has 1 unspecified atom stereocenters. The van der Waals surface area contributed by atoms with Crippen LogP contribution in [0.4, 0.5) is 5.69 Å². The van der Waals surface area contributed by atoms with Gasteiger partial charge in [-0.15, -0.1) is 0 Å². The highest BCUT2D eigenvalue weighted by molar-refractivity contribution is 5.75. The van der Waals surface area contributed by atoms with E-state index >= 15 is 0 Å². The molecule has 1 aromatic heterocycles. The van der Waals surface area contributed by atoms with Gasteiger partial charge in [0.25, 0.3) is 0 Å². The zero-order valence-corrected chi connectivity index (χ0v) is 8.11. The Morgan fingerprint density at radius 3 is 3.00 bits per heavy atom. The Kier molecular flexibility index (Phi) is 2.50. The van der Waals surface area contributed by atoms with E-state index in [4.69, 9.17) is 11.5 Å². The fraction of sp³-hybridized carbons (Fsp3) is 0.364. The first kappa shape index (κ1) is 9.21. The van der Waals surface area contributed by atoms with Gasteiger partial charge >= 0.3 is 0 Å². The molecule has 0 amide bonds. The van der Waals surface area contributed by atoms with Crippen molar-refractivity contribution < 1.29 is 0 Å². The van der Waals surface area contributed by atoms with Gasteiger partial charge in [-0.05, 0) is 30.9 Å². The van der Waals surface area contributed by atoms with Gasteiger partial charge in [0.05, 0.1) is 0 Å². The van der Waals surface area contributed by atoms with Crippen LogP contribution in [0.25, 0.3) is 5.57 Å². The van der Waals surface area contributed by atoms with Crippen LogP contribution < -0.4 is 11.5 Å². The molecule has 2 rings (SSSR count). The van der Waals surface area contributed by atoms with E-state index in [0.717, 1.165) is 30.5 Å². The van der Waals surface area contributed by atoms with Crippen LogP contribution >= 0.6 is 0 Å². The lowest BCUT2D eigenvalue weighted by molar-refractivity contribution is 0.654. The van der Waals surface area contributed by atoms with Crippen LogP contribution in [0.2, 0.25) is 0 Å². The average molecular weight is 189 g/mol. The summed E-state index contributed by atoms with van der Waals surface area (Å²) >= 11 is 0. The van der Waals surface area contributed by atoms with Crippen molar-refractivity contribution in [1.29, 1.82) is 0 Å². The molecular formula is C11H15N3. The maximum absolute atomic E-state index is 5.88. The molecule has 3 nitrogen and oxygen atoms in total. The van der Waals surface area contributed by atoms with Gasteiger partial charge in [0.15, 0.2) is 0 Å². The molecule has 0 aliphatic heterocycles. The lowest BCUT2D eigenvalue weighted by Gasteiger charge is -2.18. The van der Waals surface area contributed by atoms with E-state index in [1.54, 1.807) is 6.20 Å². The Hall–Kier alpha value is -1.35. The number of nitrogens with two attached hydrogens (primary N) is 2. The molecule has 14 heavy (non-hydrogen) atoms. The molecule has 1 heterocycles. The van der Waals surface area contributed by atoms with Crippen molar-refractivity contribution >= 4 is 11.3 Å². The van der Waals surface area contributed by atoms with Gasteiger partial charge in [-0.3, -0.25) is 4.98 Å². The van der Waals surface area contributed by atoms with Gasteiger partial charge in [0.1, 0.15) is 0 Å². The largest absolute Gasteiger partial charge is 0.398 e. The highest BCUT2D eigenvalue weighted by Gasteiger charge is 2.12. The van der Waals surface area contributed by atoms with Crippen LogP contribution in [0, 0.1) is 0 Å². The molecule has 1 aromatic rings. The average Bonchev–Trinajstić information content (AvgIpc) is 2.18. The lowest BCUT2D eigenvalue weighted by Crippen LogP contribution is -2.20. The zero-order chi connectivity index (χ0) is 9.97. The van der Waals surface area contributed by atoms with Crippen LogP contribution in [-0.4, -0.2) is 11.0 Å². The number of allylic oxidation sites excluding steroid dienone is 1. The maximum atomic E-state index is 5.88. The summed E-state index contributed by atoms with van der Waals surface area (Å²) in [6.45, 7) is 0. The monoisotopic (exact) mass is 189 g/mol. The topological polar surface area (TPSA) is 64.9 Å². The predicted octanol–water partition coefficient (Wildman–Crippen LogP) is 1.56. The van der Waals surface area contributed by atoms with Crippen molar-refractivity contribution in [2.45, 2.75) is 25.3 Å². The van der Waals surface area contributed by atoms with E-state index in [1.165, 1.54) is 5.57 Å². The highest BCUT2D eigenvalue weighted by Crippen LogP contribution is 2.28. The second kappa shape index (κ2) is 3.80.